The van der Waals surface area contributed by atoms with Gasteiger partial charge in [0.15, 0.2) is 0 Å². The van der Waals surface area contributed by atoms with Crippen LogP contribution in [0.2, 0.25) is 0 Å². The zero-order valence-corrected chi connectivity index (χ0v) is 18.9. The average molecular weight is 387 g/mol. The van der Waals surface area contributed by atoms with Crippen molar-refractivity contribution in [1.29, 1.82) is 0 Å². The standard InChI is InChI=1S/C16H27P.3CH3.Zr/c1-11-12(2)14(4)16(13(11)3)10-17-15-8-6-5-7-9-15;;;;/h11,15,17H,5-10H2,1-4H3;3*1H3;/q;3*-1;+3. The first kappa shape index (κ1) is 26.7. The summed E-state index contributed by atoms with van der Waals surface area (Å²) in [6.45, 7) is 9.37. The smallest absolute Gasteiger partial charge is 0.358 e. The van der Waals surface area contributed by atoms with E-state index in [4.69, 9.17) is 0 Å². The second kappa shape index (κ2) is 12.2. The van der Waals surface area contributed by atoms with Crippen LogP contribution in [-0.2, 0) is 26.2 Å². The molecule has 2 rings (SSSR count). The average Bonchev–Trinajstić information content (AvgIpc) is 2.54. The third-order valence-corrected chi connectivity index (χ3v) is 6.70. The zero-order chi connectivity index (χ0) is 12.4. The molecule has 1 fully saturated rings. The van der Waals surface area contributed by atoms with Crippen LogP contribution in [0.25, 0.3) is 0 Å². The van der Waals surface area contributed by atoms with Gasteiger partial charge in [-0.15, -0.1) is 8.58 Å². The third-order valence-electron chi connectivity index (χ3n) is 4.99. The van der Waals surface area contributed by atoms with Gasteiger partial charge >= 0.3 is 26.2 Å². The van der Waals surface area contributed by atoms with Crippen LogP contribution in [0.1, 0.15) is 59.8 Å². The van der Waals surface area contributed by atoms with Crippen LogP contribution in [0.5, 0.6) is 0 Å². The molecule has 2 atom stereocenters. The van der Waals surface area contributed by atoms with E-state index < -0.39 is 0 Å². The van der Waals surface area contributed by atoms with E-state index in [1.54, 1.807) is 22.3 Å². The molecule has 0 N–H and O–H groups in total. The molecule has 21 heavy (non-hydrogen) atoms. The van der Waals surface area contributed by atoms with E-state index in [-0.39, 0.29) is 48.5 Å². The number of hydrogen-bond acceptors (Lipinski definition) is 0. The molecule has 0 amide bonds. The molecule has 0 aromatic heterocycles. The Labute approximate surface area is 156 Å². The van der Waals surface area contributed by atoms with Gasteiger partial charge in [0.2, 0.25) is 0 Å². The molecule has 0 spiro atoms. The van der Waals surface area contributed by atoms with Gasteiger partial charge in [-0.05, 0) is 62.5 Å². The molecular formula is C19H36PZr. The first-order chi connectivity index (χ1) is 8.11. The van der Waals surface area contributed by atoms with Crippen molar-refractivity contribution in [1.82, 2.24) is 0 Å². The van der Waals surface area contributed by atoms with Crippen LogP contribution in [0.4, 0.5) is 0 Å². The van der Waals surface area contributed by atoms with Gasteiger partial charge in [0.1, 0.15) is 0 Å². The first-order valence-corrected chi connectivity index (χ1v) is 8.50. The molecule has 0 bridgehead atoms. The summed E-state index contributed by atoms with van der Waals surface area (Å²) in [5, 5.41) is 0. The Bertz CT molecular complexity index is 349. The van der Waals surface area contributed by atoms with Crippen LogP contribution >= 0.6 is 8.58 Å². The quantitative estimate of drug-likeness (QED) is 0.376. The summed E-state index contributed by atoms with van der Waals surface area (Å²) in [4.78, 5) is 0. The molecule has 1 radical (unpaired) electrons. The van der Waals surface area contributed by atoms with E-state index in [0.717, 1.165) is 5.66 Å². The van der Waals surface area contributed by atoms with Crippen molar-refractivity contribution < 1.29 is 26.2 Å². The molecule has 0 heterocycles. The Morgan fingerprint density at radius 2 is 1.43 bits per heavy atom. The van der Waals surface area contributed by atoms with Crippen LogP contribution in [-0.4, -0.2) is 11.8 Å². The Morgan fingerprint density at radius 3 is 1.86 bits per heavy atom. The van der Waals surface area contributed by atoms with Crippen molar-refractivity contribution in [3.05, 3.63) is 44.6 Å². The van der Waals surface area contributed by atoms with Crippen LogP contribution in [0, 0.1) is 28.2 Å². The van der Waals surface area contributed by atoms with Crippen molar-refractivity contribution in [3.8, 4) is 0 Å². The Morgan fingerprint density at radius 1 is 0.905 bits per heavy atom. The number of hydrogen-bond donors (Lipinski definition) is 0. The summed E-state index contributed by atoms with van der Waals surface area (Å²) in [5.74, 6) is 0.709. The monoisotopic (exact) mass is 385 g/mol. The van der Waals surface area contributed by atoms with Gasteiger partial charge in [0, 0.05) is 0 Å². The molecule has 2 heteroatoms. The largest absolute Gasteiger partial charge is 3.00 e. The van der Waals surface area contributed by atoms with E-state index in [2.05, 4.69) is 27.7 Å². The molecule has 2 unspecified atom stereocenters. The SMILES string of the molecule is CC1=C(C)C(C)C(C)=C1CPC1CCCCC1.[CH3-].[CH3-].[CH3-].[Zr+3]. The summed E-state index contributed by atoms with van der Waals surface area (Å²) in [6, 6.07) is 0. The number of allylic oxidation sites excluding steroid dienone is 4. The Kier molecular flexibility index (Phi) is 15.6. The third kappa shape index (κ3) is 6.43. The fourth-order valence-electron chi connectivity index (χ4n) is 3.27. The van der Waals surface area contributed by atoms with Crippen molar-refractivity contribution in [2.24, 2.45) is 5.92 Å². The molecule has 0 aromatic rings. The van der Waals surface area contributed by atoms with E-state index in [1.807, 2.05) is 0 Å². The molecule has 1 saturated carbocycles. The van der Waals surface area contributed by atoms with Crippen molar-refractivity contribution in [3.63, 3.8) is 0 Å². The van der Waals surface area contributed by atoms with Gasteiger partial charge in [0.05, 0.1) is 0 Å². The number of rotatable bonds is 3. The van der Waals surface area contributed by atoms with Gasteiger partial charge in [-0.25, -0.2) is 0 Å². The minimum absolute atomic E-state index is 0. The van der Waals surface area contributed by atoms with Crippen LogP contribution < -0.4 is 0 Å². The minimum Gasteiger partial charge on any atom is -0.358 e. The van der Waals surface area contributed by atoms with E-state index in [0.29, 0.717) is 5.92 Å². The van der Waals surface area contributed by atoms with Gasteiger partial charge in [0.25, 0.3) is 0 Å². The molecule has 2 aliphatic carbocycles. The van der Waals surface area contributed by atoms with Gasteiger partial charge in [-0.3, -0.25) is 0 Å². The molecule has 2 aliphatic rings. The van der Waals surface area contributed by atoms with Crippen molar-refractivity contribution in [2.45, 2.75) is 65.5 Å². The molecular weight excluding hydrogens is 350 g/mol. The second-order valence-electron chi connectivity index (χ2n) is 5.91. The normalized spacial score (nSPS) is 22.6. The van der Waals surface area contributed by atoms with Crippen LogP contribution in [0.15, 0.2) is 22.3 Å². The fourth-order valence-corrected chi connectivity index (χ4v) is 5.12. The minimum atomic E-state index is 0. The summed E-state index contributed by atoms with van der Waals surface area (Å²) in [7, 11) is 1.17. The van der Waals surface area contributed by atoms with E-state index in [1.165, 1.54) is 46.8 Å². The van der Waals surface area contributed by atoms with Crippen LogP contribution in [0.3, 0.4) is 0 Å². The summed E-state index contributed by atoms with van der Waals surface area (Å²) < 4.78 is 0. The summed E-state index contributed by atoms with van der Waals surface area (Å²) in [5.41, 5.74) is 7.64. The van der Waals surface area contributed by atoms with E-state index >= 15 is 0 Å². The van der Waals surface area contributed by atoms with Crippen molar-refractivity contribution >= 4 is 8.58 Å². The van der Waals surface area contributed by atoms with E-state index in [9.17, 15) is 0 Å². The molecule has 121 valence electrons. The van der Waals surface area contributed by atoms with Gasteiger partial charge in [-0.2, -0.15) is 0 Å². The summed E-state index contributed by atoms with van der Waals surface area (Å²) >= 11 is 0. The summed E-state index contributed by atoms with van der Waals surface area (Å²) in [6.07, 6.45) is 8.83. The Hall–Kier alpha value is 0.793. The maximum atomic E-state index is 2.37. The molecule has 0 aromatic carbocycles. The van der Waals surface area contributed by atoms with Gasteiger partial charge < -0.3 is 22.3 Å². The Balaban J connectivity index is -0.000000810. The molecule has 0 aliphatic heterocycles. The fraction of sp³-hybridized carbons (Fsp3) is 0.632. The maximum absolute atomic E-state index is 2.37. The zero-order valence-electron chi connectivity index (χ0n) is 15.4. The van der Waals surface area contributed by atoms with Crippen molar-refractivity contribution in [2.75, 3.05) is 6.16 Å². The van der Waals surface area contributed by atoms with Gasteiger partial charge in [-0.1, -0.05) is 37.3 Å². The predicted octanol–water partition coefficient (Wildman–Crippen LogP) is 6.65. The second-order valence-corrected chi connectivity index (χ2v) is 7.49. The molecule has 0 saturated heterocycles. The first-order valence-electron chi connectivity index (χ1n) is 7.22. The topological polar surface area (TPSA) is 0 Å². The maximum Gasteiger partial charge on any atom is 3.00 e. The molecule has 0 nitrogen and oxygen atoms in total. The predicted molar refractivity (Wildman–Crippen MR) is 99.5 cm³/mol.